The molecule has 4 rings (SSSR count). The lowest BCUT2D eigenvalue weighted by atomic mass is 9.70. The molecule has 3 fully saturated rings. The van der Waals surface area contributed by atoms with Crippen molar-refractivity contribution in [2.45, 2.75) is 93.1 Å². The number of rotatable bonds is 10. The Morgan fingerprint density at radius 1 is 1.11 bits per heavy atom. The van der Waals surface area contributed by atoms with Crippen LogP contribution in [0.5, 0.6) is 0 Å². The Labute approximate surface area is 239 Å². The zero-order chi connectivity index (χ0) is 27.9. The first kappa shape index (κ1) is 29.4. The van der Waals surface area contributed by atoms with Gasteiger partial charge in [0, 0.05) is 34.5 Å². The first-order valence-corrected chi connectivity index (χ1v) is 15.5. The number of nitrogens with zero attached hydrogens (tertiary/aromatic N) is 1. The number of carbonyl (C=O) groups excluding carboxylic acids is 3. The van der Waals surface area contributed by atoms with Gasteiger partial charge in [0.15, 0.2) is 0 Å². The van der Waals surface area contributed by atoms with Gasteiger partial charge in [-0.05, 0) is 63.5 Å². The molecule has 1 aromatic rings. The summed E-state index contributed by atoms with van der Waals surface area (Å²) in [6, 6.07) is 8.68. The third kappa shape index (κ3) is 5.80. The molecule has 1 aromatic carbocycles. The molecule has 3 N–H and O–H groups in total. The van der Waals surface area contributed by atoms with Crippen molar-refractivity contribution in [3.8, 4) is 0 Å². The number of likely N-dealkylation sites (tertiary alicyclic amines) is 1. The molecule has 6 atom stereocenters. The Hall–Kier alpha value is -1.58. The van der Waals surface area contributed by atoms with Gasteiger partial charge >= 0.3 is 0 Å². The summed E-state index contributed by atoms with van der Waals surface area (Å²) in [5.41, 5.74) is 0.277. The molecule has 0 saturated carbocycles. The molecule has 3 aliphatic rings. The predicted octanol–water partition coefficient (Wildman–Crippen LogP) is 4.58. The Bertz CT molecular complexity index is 1050. The highest BCUT2D eigenvalue weighted by atomic mass is 79.9. The molecule has 0 radical (unpaired) electrons. The average molecular weight is 609 g/mol. The number of amides is 3. The van der Waals surface area contributed by atoms with E-state index < -0.39 is 28.2 Å². The minimum absolute atomic E-state index is 0.0230. The summed E-state index contributed by atoms with van der Waals surface area (Å²) in [7, 11) is 0. The number of hydrogen-bond acceptors (Lipinski definition) is 5. The van der Waals surface area contributed by atoms with E-state index in [0.717, 1.165) is 12.8 Å². The number of nitrogens with one attached hydrogen (secondary N) is 2. The van der Waals surface area contributed by atoms with Crippen molar-refractivity contribution in [3.05, 3.63) is 30.3 Å². The lowest BCUT2D eigenvalue weighted by molar-refractivity contribution is -0.139. The highest BCUT2D eigenvalue weighted by molar-refractivity contribution is 9.09. The summed E-state index contributed by atoms with van der Waals surface area (Å²) in [5, 5.41) is 15.5. The molecular formula is C29H42BrN3O4S. The molecule has 0 aliphatic carbocycles. The van der Waals surface area contributed by atoms with Crippen LogP contribution < -0.4 is 10.6 Å². The monoisotopic (exact) mass is 607 g/mol. The van der Waals surface area contributed by atoms with E-state index in [0.29, 0.717) is 31.5 Å². The van der Waals surface area contributed by atoms with E-state index in [-0.39, 0.29) is 39.8 Å². The van der Waals surface area contributed by atoms with Gasteiger partial charge in [-0.2, -0.15) is 0 Å². The molecule has 3 aliphatic heterocycles. The van der Waals surface area contributed by atoms with Crippen molar-refractivity contribution in [3.63, 3.8) is 0 Å². The van der Waals surface area contributed by atoms with Gasteiger partial charge in [0.1, 0.15) is 6.04 Å². The Morgan fingerprint density at radius 2 is 1.79 bits per heavy atom. The van der Waals surface area contributed by atoms with Crippen LogP contribution in [0.25, 0.3) is 0 Å². The van der Waals surface area contributed by atoms with E-state index in [9.17, 15) is 19.5 Å². The standard InChI is InChI=1S/C29H42BrN3O4S/c1-27(2,3)17-28(4,5)32-25(36)23-29-16-19(30)22(38-29)20(24(35)31-18-12-8-6-9-13-18)21(29)26(37)33(23)14-10-7-11-15-34/h6,8-9,12-13,19-23,34H,7,10-11,14-17H2,1-5H3,(H,31,35)(H,32,36)/t19?,20-,21+,22-,23?,29?/m1/s1. The van der Waals surface area contributed by atoms with E-state index in [4.69, 9.17) is 0 Å². The maximum Gasteiger partial charge on any atom is 0.244 e. The van der Waals surface area contributed by atoms with Gasteiger partial charge < -0.3 is 20.6 Å². The molecule has 3 unspecified atom stereocenters. The average Bonchev–Trinajstić information content (AvgIpc) is 3.39. The molecule has 1 spiro atoms. The summed E-state index contributed by atoms with van der Waals surface area (Å²) in [5.74, 6) is -1.45. The van der Waals surface area contributed by atoms with Crippen LogP contribution in [0, 0.1) is 17.3 Å². The van der Waals surface area contributed by atoms with Gasteiger partial charge in [-0.25, -0.2) is 0 Å². The van der Waals surface area contributed by atoms with Crippen LogP contribution >= 0.6 is 27.7 Å². The lowest BCUT2D eigenvalue weighted by Gasteiger charge is -2.39. The van der Waals surface area contributed by atoms with Crippen LogP contribution in [0.15, 0.2) is 30.3 Å². The van der Waals surface area contributed by atoms with Crippen molar-refractivity contribution in [2.24, 2.45) is 17.3 Å². The van der Waals surface area contributed by atoms with Crippen LogP contribution in [0.4, 0.5) is 5.69 Å². The molecule has 38 heavy (non-hydrogen) atoms. The summed E-state index contributed by atoms with van der Waals surface area (Å²) in [4.78, 5) is 43.7. The van der Waals surface area contributed by atoms with E-state index >= 15 is 0 Å². The van der Waals surface area contributed by atoms with Gasteiger partial charge in [0.2, 0.25) is 17.7 Å². The lowest BCUT2D eigenvalue weighted by Crippen LogP contribution is -2.58. The van der Waals surface area contributed by atoms with Gasteiger partial charge in [-0.3, -0.25) is 14.4 Å². The van der Waals surface area contributed by atoms with Crippen molar-refractivity contribution >= 4 is 51.1 Å². The summed E-state index contributed by atoms with van der Waals surface area (Å²) >= 11 is 5.48. The molecule has 3 amide bonds. The molecule has 9 heteroatoms. The first-order chi connectivity index (χ1) is 17.8. The number of para-hydroxylation sites is 1. The van der Waals surface area contributed by atoms with Crippen molar-refractivity contribution < 1.29 is 19.5 Å². The SMILES string of the molecule is CC(C)(C)CC(C)(C)NC(=O)C1N(CCCCCO)C(=O)[C@@H]2[C@@H](C(=O)Nc3ccccc3)[C@@H]3SC12CC3Br. The fourth-order valence-electron chi connectivity index (χ4n) is 7.06. The van der Waals surface area contributed by atoms with Gasteiger partial charge in [0.25, 0.3) is 0 Å². The highest BCUT2D eigenvalue weighted by Gasteiger charge is 2.75. The van der Waals surface area contributed by atoms with Crippen LogP contribution in [-0.4, -0.2) is 67.3 Å². The third-order valence-corrected chi connectivity index (χ3v) is 11.1. The van der Waals surface area contributed by atoms with E-state index in [1.807, 2.05) is 44.2 Å². The second-order valence-corrected chi connectivity index (χ2v) is 15.7. The number of benzene rings is 1. The first-order valence-electron chi connectivity index (χ1n) is 13.7. The number of aliphatic hydroxyl groups is 1. The quantitative estimate of drug-likeness (QED) is 0.267. The molecule has 3 saturated heterocycles. The van der Waals surface area contributed by atoms with Crippen LogP contribution in [0.3, 0.4) is 0 Å². The minimum atomic E-state index is -0.659. The second kappa shape index (κ2) is 11.1. The Balaban J connectivity index is 1.65. The summed E-state index contributed by atoms with van der Waals surface area (Å²) in [6.07, 6.45) is 3.60. The van der Waals surface area contributed by atoms with E-state index in [1.165, 1.54) is 0 Å². The van der Waals surface area contributed by atoms with E-state index in [1.54, 1.807) is 16.7 Å². The minimum Gasteiger partial charge on any atom is -0.396 e. The number of unbranched alkanes of at least 4 members (excludes halogenated alkanes) is 2. The summed E-state index contributed by atoms with van der Waals surface area (Å²) < 4.78 is -0.659. The number of fused-ring (bicyclic) bond motifs is 1. The number of halogens is 1. The van der Waals surface area contributed by atoms with Gasteiger partial charge in [-0.15, -0.1) is 11.8 Å². The normalized spacial score (nSPS) is 30.4. The van der Waals surface area contributed by atoms with Crippen molar-refractivity contribution in [1.82, 2.24) is 10.2 Å². The van der Waals surface area contributed by atoms with Gasteiger partial charge in [0.05, 0.1) is 16.6 Å². The number of aliphatic hydroxyl groups excluding tert-OH is 1. The Morgan fingerprint density at radius 3 is 2.42 bits per heavy atom. The fraction of sp³-hybridized carbons (Fsp3) is 0.690. The number of alkyl halides is 1. The fourth-order valence-corrected chi connectivity index (χ4v) is 10.7. The molecular weight excluding hydrogens is 566 g/mol. The maximum atomic E-state index is 14.1. The molecule has 2 bridgehead atoms. The number of thioether (sulfide) groups is 1. The predicted molar refractivity (Wildman–Crippen MR) is 156 cm³/mol. The van der Waals surface area contributed by atoms with Crippen molar-refractivity contribution in [1.29, 1.82) is 0 Å². The number of carbonyl (C=O) groups is 3. The van der Waals surface area contributed by atoms with Crippen LogP contribution in [-0.2, 0) is 14.4 Å². The van der Waals surface area contributed by atoms with Crippen molar-refractivity contribution in [2.75, 3.05) is 18.5 Å². The second-order valence-electron chi connectivity index (χ2n) is 12.9. The number of anilines is 1. The zero-order valence-electron chi connectivity index (χ0n) is 23.1. The highest BCUT2D eigenvalue weighted by Crippen LogP contribution is 2.67. The topological polar surface area (TPSA) is 98.7 Å². The molecule has 3 heterocycles. The van der Waals surface area contributed by atoms with E-state index in [2.05, 4.69) is 47.3 Å². The molecule has 7 nitrogen and oxygen atoms in total. The van der Waals surface area contributed by atoms with Crippen LogP contribution in [0.2, 0.25) is 0 Å². The summed E-state index contributed by atoms with van der Waals surface area (Å²) in [6.45, 7) is 11.1. The third-order valence-electron chi connectivity index (χ3n) is 7.87. The maximum absolute atomic E-state index is 14.1. The largest absolute Gasteiger partial charge is 0.396 e. The molecule has 210 valence electrons. The zero-order valence-corrected chi connectivity index (χ0v) is 25.5. The Kier molecular flexibility index (Phi) is 8.61. The van der Waals surface area contributed by atoms with Crippen LogP contribution in [0.1, 0.15) is 66.7 Å². The molecule has 0 aromatic heterocycles. The smallest absolute Gasteiger partial charge is 0.244 e. The number of hydrogen-bond donors (Lipinski definition) is 3. The van der Waals surface area contributed by atoms with Gasteiger partial charge in [-0.1, -0.05) is 54.9 Å².